The van der Waals surface area contributed by atoms with Crippen LogP contribution in [-0.2, 0) is 17.7 Å². The number of nitrogens with one attached hydrogen (secondary N) is 1. The largest absolute Gasteiger partial charge is 0.350 e. The molecule has 40 heavy (non-hydrogen) atoms. The van der Waals surface area contributed by atoms with Crippen molar-refractivity contribution in [3.8, 4) is 0 Å². The number of benzene rings is 2. The summed E-state index contributed by atoms with van der Waals surface area (Å²) in [6.45, 7) is 4.50. The molecule has 0 amide bonds. The summed E-state index contributed by atoms with van der Waals surface area (Å²) in [5.41, 5.74) is 11.6. The minimum absolute atomic E-state index is 0.00425. The molecule has 4 atom stereocenters. The van der Waals surface area contributed by atoms with Crippen LogP contribution in [-0.4, -0.2) is 58.6 Å². The maximum atomic E-state index is 5.35. The number of hydroxylamine groups is 1. The van der Waals surface area contributed by atoms with Crippen LogP contribution in [0, 0.1) is 0 Å². The summed E-state index contributed by atoms with van der Waals surface area (Å²) >= 11 is 0. The highest BCUT2D eigenvalue weighted by Gasteiger charge is 2.26. The summed E-state index contributed by atoms with van der Waals surface area (Å²) in [5.74, 6) is 0. The Morgan fingerprint density at radius 2 is 1.15 bits per heavy atom. The highest BCUT2D eigenvalue weighted by atomic mass is 16.6. The van der Waals surface area contributed by atoms with E-state index in [0.717, 1.165) is 22.6 Å². The molecule has 5 rings (SSSR count). The molecule has 0 spiro atoms. The van der Waals surface area contributed by atoms with Gasteiger partial charge < -0.3 is 5.73 Å². The van der Waals surface area contributed by atoms with Gasteiger partial charge in [-0.15, -0.1) is 15.3 Å². The lowest BCUT2D eigenvalue weighted by molar-refractivity contribution is -0.421. The Hall–Kier alpha value is -4.26. The zero-order valence-corrected chi connectivity index (χ0v) is 23.1. The van der Waals surface area contributed by atoms with Crippen molar-refractivity contribution < 1.29 is 10.6 Å². The van der Waals surface area contributed by atoms with Crippen molar-refractivity contribution in [1.29, 1.82) is 0 Å². The molecule has 0 saturated heterocycles. The van der Waals surface area contributed by atoms with Crippen LogP contribution in [0.3, 0.4) is 0 Å². The van der Waals surface area contributed by atoms with Crippen LogP contribution in [0.2, 0.25) is 0 Å². The van der Waals surface area contributed by atoms with Crippen LogP contribution in [0.4, 0.5) is 0 Å². The average Bonchev–Trinajstić information content (AvgIpc) is 3.76. The molecule has 3 heterocycles. The minimum Gasteiger partial charge on any atom is -0.350 e. The third-order valence-electron chi connectivity index (χ3n) is 6.87. The standard InChI is InChI=1S/C28H35N11O/c1-20(19-40-30-3)37-17-25(32-34-37)27(14-22-10-6-4-7-11-22)39-18-26(33-36-39)28(15-23-12-8-5-9-13-23)38-16-24(21(2)29)31-35-38/h4-13,16-18,20-21,27-28,30H,14-15,19,29H2,1-3H3/p+1/t20-,21-,27-,28-/m0/s1. The van der Waals surface area contributed by atoms with E-state index in [4.69, 9.17) is 4.84 Å². The monoisotopic (exact) mass is 542 g/mol. The van der Waals surface area contributed by atoms with Gasteiger partial charge in [0.2, 0.25) is 0 Å². The smallest absolute Gasteiger partial charge is 0.139 e. The Morgan fingerprint density at radius 1 is 0.700 bits per heavy atom. The quantitative estimate of drug-likeness (QED) is 0.216. The number of aromatic nitrogens is 9. The first-order valence-corrected chi connectivity index (χ1v) is 13.5. The van der Waals surface area contributed by atoms with Gasteiger partial charge in [0, 0.05) is 19.9 Å². The number of quaternary nitrogens is 1. The van der Waals surface area contributed by atoms with Gasteiger partial charge in [0.25, 0.3) is 0 Å². The molecule has 0 saturated carbocycles. The zero-order valence-electron chi connectivity index (χ0n) is 23.1. The molecule has 0 unspecified atom stereocenters. The molecule has 3 aromatic heterocycles. The van der Waals surface area contributed by atoms with Crippen molar-refractivity contribution in [2.24, 2.45) is 0 Å². The number of hydrogen-bond acceptors (Lipinski definition) is 8. The molecule has 0 aliphatic rings. The van der Waals surface area contributed by atoms with Gasteiger partial charge in [0.15, 0.2) is 0 Å². The van der Waals surface area contributed by atoms with Crippen LogP contribution in [0.15, 0.2) is 79.3 Å². The molecule has 0 bridgehead atoms. The van der Waals surface area contributed by atoms with Crippen molar-refractivity contribution in [2.75, 3.05) is 13.7 Å². The Bertz CT molecular complexity index is 1460. The first-order chi connectivity index (χ1) is 19.5. The molecule has 12 heteroatoms. The van der Waals surface area contributed by atoms with Crippen molar-refractivity contribution in [2.45, 2.75) is 50.9 Å². The number of hydrogen-bond donors (Lipinski definition) is 2. The Morgan fingerprint density at radius 3 is 1.62 bits per heavy atom. The third kappa shape index (κ3) is 6.47. The Kier molecular flexibility index (Phi) is 8.69. The van der Waals surface area contributed by atoms with Gasteiger partial charge in [-0.1, -0.05) is 76.3 Å². The summed E-state index contributed by atoms with van der Waals surface area (Å²) in [6, 6.07) is 20.2. The lowest BCUT2D eigenvalue weighted by Crippen LogP contribution is -2.52. The van der Waals surface area contributed by atoms with E-state index >= 15 is 0 Å². The van der Waals surface area contributed by atoms with Crippen molar-refractivity contribution >= 4 is 0 Å². The second kappa shape index (κ2) is 12.7. The van der Waals surface area contributed by atoms with Gasteiger partial charge >= 0.3 is 0 Å². The summed E-state index contributed by atoms with van der Waals surface area (Å²) in [7, 11) is 1.74. The summed E-state index contributed by atoms with van der Waals surface area (Å²) in [4.78, 5) is 5.35. The van der Waals surface area contributed by atoms with Crippen LogP contribution >= 0.6 is 0 Å². The molecular formula is C28H36N11O+. The van der Waals surface area contributed by atoms with Gasteiger partial charge in [-0.05, 0) is 25.0 Å². The average molecular weight is 543 g/mol. The zero-order chi connectivity index (χ0) is 27.9. The molecule has 12 nitrogen and oxygen atoms in total. The van der Waals surface area contributed by atoms with Gasteiger partial charge in [-0.2, -0.15) is 0 Å². The number of nitrogens with zero attached hydrogens (tertiary/aromatic N) is 9. The van der Waals surface area contributed by atoms with E-state index in [1.165, 1.54) is 5.56 Å². The predicted molar refractivity (Wildman–Crippen MR) is 148 cm³/mol. The van der Waals surface area contributed by atoms with E-state index in [2.05, 4.69) is 66.4 Å². The van der Waals surface area contributed by atoms with Crippen LogP contribution < -0.4 is 11.2 Å². The fourth-order valence-corrected chi connectivity index (χ4v) is 4.54. The molecule has 5 aromatic rings. The molecular weight excluding hydrogens is 506 g/mol. The van der Waals surface area contributed by atoms with Crippen molar-refractivity contribution in [3.63, 3.8) is 0 Å². The molecule has 0 fully saturated rings. The van der Waals surface area contributed by atoms with Gasteiger partial charge in [0.1, 0.15) is 35.2 Å². The fraction of sp³-hybridized carbons (Fsp3) is 0.357. The van der Waals surface area contributed by atoms with E-state index < -0.39 is 0 Å². The molecule has 208 valence electrons. The summed E-state index contributed by atoms with van der Waals surface area (Å²) in [5, 5.41) is 27.0. The molecule has 0 radical (unpaired) electrons. The molecule has 0 aliphatic carbocycles. The maximum Gasteiger partial charge on any atom is 0.139 e. The highest BCUT2D eigenvalue weighted by Crippen LogP contribution is 2.26. The first-order valence-electron chi connectivity index (χ1n) is 13.5. The molecule has 2 aromatic carbocycles. The molecule has 4 N–H and O–H groups in total. The predicted octanol–water partition coefficient (Wildman–Crippen LogP) is 2.14. The first kappa shape index (κ1) is 27.3. The van der Waals surface area contributed by atoms with Crippen LogP contribution in [0.5, 0.6) is 0 Å². The van der Waals surface area contributed by atoms with Crippen LogP contribution in [0.1, 0.15) is 66.2 Å². The maximum absolute atomic E-state index is 5.35. The van der Waals surface area contributed by atoms with E-state index in [1.54, 1.807) is 7.05 Å². The van der Waals surface area contributed by atoms with Crippen molar-refractivity contribution in [1.82, 2.24) is 50.5 Å². The third-order valence-corrected chi connectivity index (χ3v) is 6.87. The topological polar surface area (TPSA) is 141 Å². The van der Waals surface area contributed by atoms with Crippen molar-refractivity contribution in [3.05, 3.63) is 107 Å². The second-order valence-corrected chi connectivity index (χ2v) is 10.0. The normalized spacial score (nSPS) is 14.6. The summed E-state index contributed by atoms with van der Waals surface area (Å²) in [6.07, 6.45) is 7.27. The van der Waals surface area contributed by atoms with Gasteiger partial charge in [-0.3, -0.25) is 4.84 Å². The Balaban J connectivity index is 1.49. The van der Waals surface area contributed by atoms with E-state index in [1.807, 2.05) is 82.9 Å². The van der Waals surface area contributed by atoms with E-state index in [9.17, 15) is 0 Å². The van der Waals surface area contributed by atoms with Gasteiger partial charge in [0.05, 0.1) is 31.2 Å². The lowest BCUT2D eigenvalue weighted by Gasteiger charge is -2.16. The highest BCUT2D eigenvalue weighted by molar-refractivity contribution is 5.21. The van der Waals surface area contributed by atoms with Gasteiger partial charge in [-0.25, -0.2) is 19.5 Å². The van der Waals surface area contributed by atoms with E-state index in [0.29, 0.717) is 19.4 Å². The summed E-state index contributed by atoms with van der Waals surface area (Å²) < 4.78 is 5.56. The fourth-order valence-electron chi connectivity index (χ4n) is 4.54. The second-order valence-electron chi connectivity index (χ2n) is 10.0. The van der Waals surface area contributed by atoms with E-state index in [-0.39, 0.29) is 24.2 Å². The molecule has 0 aliphatic heterocycles. The Labute approximate surface area is 233 Å². The number of rotatable bonds is 13. The minimum atomic E-state index is -0.210. The van der Waals surface area contributed by atoms with Crippen LogP contribution in [0.25, 0.3) is 0 Å². The SMILES string of the molecule is CNOC[C@H](C)n1cc([C@H](Cc2ccccc2)n2cc([C@H](Cc3ccccc3)n3cc([C@H](C)[NH3+])nn3)nn2)nn1. The lowest BCUT2D eigenvalue weighted by atomic mass is 10.0.